The fourth-order valence-electron chi connectivity index (χ4n) is 2.05. The number of nitrogens with zero attached hydrogens (tertiary/aromatic N) is 4. The number of carbonyl (C=O) groups is 1. The van der Waals surface area contributed by atoms with E-state index in [1.54, 1.807) is 10.7 Å². The van der Waals surface area contributed by atoms with Crippen LogP contribution in [0.1, 0.15) is 10.6 Å². The number of rotatable bonds is 6. The van der Waals surface area contributed by atoms with Crippen LogP contribution in [0.4, 0.5) is 5.82 Å². The molecule has 0 saturated heterocycles. The molecule has 0 saturated carbocycles. The smallest absolute Gasteiger partial charge is 0.291 e. The third-order valence-corrected chi connectivity index (χ3v) is 3.72. The van der Waals surface area contributed by atoms with Gasteiger partial charge in [0, 0.05) is 19.3 Å². The summed E-state index contributed by atoms with van der Waals surface area (Å²) in [6, 6.07) is 11.0. The largest absolute Gasteiger partial charge is 0.367 e. The number of aromatic nitrogens is 4. The minimum Gasteiger partial charge on any atom is -0.367 e. The standard InChI is InChI=1S/C16H14Cl2N6O/c17-11-8-13(18)14(21-9-11)19-6-7-20-16(25)15-22-10-24(23-15)12-4-2-1-3-5-12/h1-5,8-10H,6-7H2,(H,19,21)(H,20,25). The molecule has 0 bridgehead atoms. The molecule has 2 N–H and O–H groups in total. The predicted molar refractivity (Wildman–Crippen MR) is 96.4 cm³/mol. The Morgan fingerprint density at radius 1 is 1.12 bits per heavy atom. The average molecular weight is 377 g/mol. The lowest BCUT2D eigenvalue weighted by atomic mass is 10.3. The van der Waals surface area contributed by atoms with Gasteiger partial charge < -0.3 is 10.6 Å². The second-order valence-corrected chi connectivity index (χ2v) is 5.86. The summed E-state index contributed by atoms with van der Waals surface area (Å²) in [7, 11) is 0. The molecule has 2 heterocycles. The third kappa shape index (κ3) is 4.46. The minimum atomic E-state index is -0.355. The molecule has 0 aliphatic rings. The monoisotopic (exact) mass is 376 g/mol. The van der Waals surface area contributed by atoms with Gasteiger partial charge in [0.2, 0.25) is 5.82 Å². The fraction of sp³-hybridized carbons (Fsp3) is 0.125. The molecule has 1 amide bonds. The molecule has 25 heavy (non-hydrogen) atoms. The molecule has 0 atom stereocenters. The van der Waals surface area contributed by atoms with Gasteiger partial charge in [-0.2, -0.15) is 0 Å². The van der Waals surface area contributed by atoms with Gasteiger partial charge in [-0.25, -0.2) is 14.6 Å². The van der Waals surface area contributed by atoms with Gasteiger partial charge in [-0.15, -0.1) is 5.10 Å². The number of pyridine rings is 1. The van der Waals surface area contributed by atoms with Gasteiger partial charge in [-0.3, -0.25) is 4.79 Å². The SMILES string of the molecule is O=C(NCCNc1ncc(Cl)cc1Cl)c1ncn(-c2ccccc2)n1. The molecule has 1 aromatic carbocycles. The lowest BCUT2D eigenvalue weighted by Gasteiger charge is -2.07. The zero-order chi connectivity index (χ0) is 17.6. The zero-order valence-corrected chi connectivity index (χ0v) is 14.5. The van der Waals surface area contributed by atoms with E-state index in [-0.39, 0.29) is 11.7 Å². The topological polar surface area (TPSA) is 84.7 Å². The first-order chi connectivity index (χ1) is 12.1. The third-order valence-electron chi connectivity index (χ3n) is 3.23. The van der Waals surface area contributed by atoms with E-state index in [2.05, 4.69) is 25.7 Å². The van der Waals surface area contributed by atoms with Crippen LogP contribution in [0.15, 0.2) is 48.9 Å². The Labute approximate surface area is 154 Å². The van der Waals surface area contributed by atoms with Crippen molar-refractivity contribution in [1.82, 2.24) is 25.1 Å². The highest BCUT2D eigenvalue weighted by molar-refractivity contribution is 6.35. The highest BCUT2D eigenvalue weighted by atomic mass is 35.5. The first-order valence-corrected chi connectivity index (χ1v) is 8.19. The number of halogens is 2. The molecule has 128 valence electrons. The van der Waals surface area contributed by atoms with Crippen molar-refractivity contribution in [3.8, 4) is 5.69 Å². The summed E-state index contributed by atoms with van der Waals surface area (Å²) in [5.74, 6) is 0.255. The summed E-state index contributed by atoms with van der Waals surface area (Å²) in [5, 5.41) is 10.8. The molecule has 0 fully saturated rings. The minimum absolute atomic E-state index is 0.103. The van der Waals surface area contributed by atoms with Crippen LogP contribution in [-0.4, -0.2) is 38.7 Å². The van der Waals surface area contributed by atoms with Crippen LogP contribution in [0, 0.1) is 0 Å². The number of carbonyl (C=O) groups excluding carboxylic acids is 1. The molecule has 0 radical (unpaired) electrons. The lowest BCUT2D eigenvalue weighted by molar-refractivity contribution is 0.0945. The number of anilines is 1. The molecule has 2 aromatic heterocycles. The molecule has 9 heteroatoms. The summed E-state index contributed by atoms with van der Waals surface area (Å²) in [6.07, 6.45) is 2.99. The van der Waals surface area contributed by atoms with Gasteiger partial charge in [-0.1, -0.05) is 41.4 Å². The molecule has 0 unspecified atom stereocenters. The Bertz CT molecular complexity index is 868. The highest BCUT2D eigenvalue weighted by Crippen LogP contribution is 2.21. The second kappa shape index (κ2) is 7.96. The average Bonchev–Trinajstić information content (AvgIpc) is 3.11. The summed E-state index contributed by atoms with van der Waals surface area (Å²) in [4.78, 5) is 20.2. The highest BCUT2D eigenvalue weighted by Gasteiger charge is 2.11. The maximum Gasteiger partial charge on any atom is 0.291 e. The second-order valence-electron chi connectivity index (χ2n) is 5.01. The number of nitrogens with one attached hydrogen (secondary N) is 2. The van der Waals surface area contributed by atoms with Crippen LogP contribution in [0.5, 0.6) is 0 Å². The Morgan fingerprint density at radius 3 is 2.68 bits per heavy atom. The van der Waals surface area contributed by atoms with E-state index >= 15 is 0 Å². The Hall–Kier alpha value is -2.64. The Balaban J connectivity index is 1.50. The number of hydrogen-bond acceptors (Lipinski definition) is 5. The molecule has 0 aliphatic carbocycles. The molecule has 0 aliphatic heterocycles. The zero-order valence-electron chi connectivity index (χ0n) is 13.0. The van der Waals surface area contributed by atoms with E-state index in [0.29, 0.717) is 29.0 Å². The van der Waals surface area contributed by atoms with Gasteiger partial charge in [0.25, 0.3) is 5.91 Å². The summed E-state index contributed by atoms with van der Waals surface area (Å²) in [5.41, 5.74) is 0.833. The van der Waals surface area contributed by atoms with Gasteiger partial charge in [0.15, 0.2) is 0 Å². The molecular formula is C16H14Cl2N6O. The number of amides is 1. The molecule has 7 nitrogen and oxygen atoms in total. The van der Waals surface area contributed by atoms with E-state index in [4.69, 9.17) is 23.2 Å². The van der Waals surface area contributed by atoms with Gasteiger partial charge in [-0.05, 0) is 18.2 Å². The van der Waals surface area contributed by atoms with Crippen molar-refractivity contribution in [1.29, 1.82) is 0 Å². The van der Waals surface area contributed by atoms with E-state index < -0.39 is 0 Å². The van der Waals surface area contributed by atoms with Crippen LogP contribution in [0.2, 0.25) is 10.0 Å². The maximum absolute atomic E-state index is 12.1. The van der Waals surface area contributed by atoms with E-state index in [1.165, 1.54) is 12.5 Å². The van der Waals surface area contributed by atoms with Crippen molar-refractivity contribution in [2.45, 2.75) is 0 Å². The van der Waals surface area contributed by atoms with Gasteiger partial charge in [0.1, 0.15) is 12.1 Å². The summed E-state index contributed by atoms with van der Waals surface area (Å²) < 4.78 is 1.55. The molecule has 3 aromatic rings. The molecule has 3 rings (SSSR count). The van der Waals surface area contributed by atoms with E-state index in [0.717, 1.165) is 5.69 Å². The van der Waals surface area contributed by atoms with Crippen molar-refractivity contribution in [3.05, 3.63) is 64.8 Å². The Morgan fingerprint density at radius 2 is 1.92 bits per heavy atom. The van der Waals surface area contributed by atoms with Crippen molar-refractivity contribution in [2.75, 3.05) is 18.4 Å². The maximum atomic E-state index is 12.1. The van der Waals surface area contributed by atoms with E-state index in [1.807, 2.05) is 30.3 Å². The number of hydrogen-bond donors (Lipinski definition) is 2. The van der Waals surface area contributed by atoms with Crippen LogP contribution in [0.25, 0.3) is 5.69 Å². The normalized spacial score (nSPS) is 10.5. The van der Waals surface area contributed by atoms with Crippen LogP contribution in [0.3, 0.4) is 0 Å². The van der Waals surface area contributed by atoms with E-state index in [9.17, 15) is 4.79 Å². The lowest BCUT2D eigenvalue weighted by Crippen LogP contribution is -2.29. The first kappa shape index (κ1) is 17.2. The fourth-order valence-corrected chi connectivity index (χ4v) is 2.50. The number of para-hydroxylation sites is 1. The van der Waals surface area contributed by atoms with Crippen LogP contribution in [-0.2, 0) is 0 Å². The summed E-state index contributed by atoms with van der Waals surface area (Å²) in [6.45, 7) is 0.804. The van der Waals surface area contributed by atoms with Gasteiger partial charge >= 0.3 is 0 Å². The quantitative estimate of drug-likeness (QED) is 0.646. The van der Waals surface area contributed by atoms with Crippen LogP contribution < -0.4 is 10.6 Å². The molecular weight excluding hydrogens is 363 g/mol. The Kier molecular flexibility index (Phi) is 5.47. The van der Waals surface area contributed by atoms with Crippen molar-refractivity contribution >= 4 is 34.9 Å². The van der Waals surface area contributed by atoms with Gasteiger partial charge in [0.05, 0.1) is 15.7 Å². The predicted octanol–water partition coefficient (Wildman–Crippen LogP) is 2.81. The van der Waals surface area contributed by atoms with Crippen molar-refractivity contribution in [2.24, 2.45) is 0 Å². The van der Waals surface area contributed by atoms with Crippen molar-refractivity contribution < 1.29 is 4.79 Å². The van der Waals surface area contributed by atoms with Crippen LogP contribution >= 0.6 is 23.2 Å². The summed E-state index contributed by atoms with van der Waals surface area (Å²) >= 11 is 11.8. The molecule has 0 spiro atoms. The van der Waals surface area contributed by atoms with Crippen molar-refractivity contribution in [3.63, 3.8) is 0 Å². The number of benzene rings is 1. The first-order valence-electron chi connectivity index (χ1n) is 7.43.